The van der Waals surface area contributed by atoms with Crippen LogP contribution in [0.3, 0.4) is 0 Å². The van der Waals surface area contributed by atoms with Crippen LogP contribution >= 0.6 is 11.6 Å². The lowest BCUT2D eigenvalue weighted by molar-refractivity contribution is -0.113. The molecule has 122 valence electrons. The average Bonchev–Trinajstić information content (AvgIpc) is 2.44. The molecule has 2 aromatic rings. The van der Waals surface area contributed by atoms with E-state index >= 15 is 0 Å². The van der Waals surface area contributed by atoms with Crippen molar-refractivity contribution >= 4 is 33.0 Å². The van der Waals surface area contributed by atoms with Crippen LogP contribution in [0.4, 0.5) is 5.69 Å². The number of carbonyl (C=O) groups excluding carboxylic acids is 1. The monoisotopic (exact) mass is 351 g/mol. The van der Waals surface area contributed by atoms with Gasteiger partial charge in [0, 0.05) is 10.7 Å². The number of hydrogen-bond acceptors (Lipinski definition) is 3. The van der Waals surface area contributed by atoms with Crippen molar-refractivity contribution < 1.29 is 13.2 Å². The van der Waals surface area contributed by atoms with Gasteiger partial charge in [0.25, 0.3) is 0 Å². The Bertz CT molecular complexity index is 831. The SMILES string of the molecule is Cc1ccc(NC(=O)CS(=O)(=O)Cc2ccccc2Cl)cc1C. The molecule has 1 N–H and O–H groups in total. The first-order chi connectivity index (χ1) is 10.8. The van der Waals surface area contributed by atoms with Crippen molar-refractivity contribution in [2.75, 3.05) is 11.1 Å². The molecule has 4 nitrogen and oxygen atoms in total. The van der Waals surface area contributed by atoms with Crippen LogP contribution in [-0.4, -0.2) is 20.1 Å². The summed E-state index contributed by atoms with van der Waals surface area (Å²) in [6, 6.07) is 12.2. The molecule has 0 fully saturated rings. The molecule has 0 aliphatic carbocycles. The largest absolute Gasteiger partial charge is 0.325 e. The maximum absolute atomic E-state index is 12.2. The number of aryl methyl sites for hydroxylation is 2. The Morgan fingerprint density at radius 2 is 1.78 bits per heavy atom. The minimum absolute atomic E-state index is 0.257. The van der Waals surface area contributed by atoms with Crippen molar-refractivity contribution in [3.8, 4) is 0 Å². The fourth-order valence-electron chi connectivity index (χ4n) is 2.12. The lowest BCUT2D eigenvalue weighted by atomic mass is 10.1. The number of benzene rings is 2. The lowest BCUT2D eigenvalue weighted by Gasteiger charge is -2.09. The van der Waals surface area contributed by atoms with Gasteiger partial charge in [0.2, 0.25) is 5.91 Å². The Kier molecular flexibility index (Phi) is 5.44. The summed E-state index contributed by atoms with van der Waals surface area (Å²) in [5.74, 6) is -1.39. The predicted octanol–water partition coefficient (Wildman–Crippen LogP) is 3.51. The summed E-state index contributed by atoms with van der Waals surface area (Å²) in [6.45, 7) is 3.90. The first-order valence-electron chi connectivity index (χ1n) is 7.08. The summed E-state index contributed by atoms with van der Waals surface area (Å²) in [5, 5.41) is 3.00. The van der Waals surface area contributed by atoms with Crippen molar-refractivity contribution in [2.24, 2.45) is 0 Å². The molecule has 0 aromatic heterocycles. The van der Waals surface area contributed by atoms with Crippen LogP contribution in [0.25, 0.3) is 0 Å². The highest BCUT2D eigenvalue weighted by atomic mass is 35.5. The van der Waals surface area contributed by atoms with Gasteiger partial charge in [-0.2, -0.15) is 0 Å². The highest BCUT2D eigenvalue weighted by Crippen LogP contribution is 2.18. The maximum atomic E-state index is 12.2. The topological polar surface area (TPSA) is 63.2 Å². The van der Waals surface area contributed by atoms with Gasteiger partial charge >= 0.3 is 0 Å². The van der Waals surface area contributed by atoms with E-state index < -0.39 is 21.5 Å². The van der Waals surface area contributed by atoms with E-state index in [2.05, 4.69) is 5.32 Å². The van der Waals surface area contributed by atoms with E-state index in [1.165, 1.54) is 0 Å². The molecule has 0 atom stereocenters. The van der Waals surface area contributed by atoms with Crippen LogP contribution in [0.2, 0.25) is 5.02 Å². The van der Waals surface area contributed by atoms with Crippen molar-refractivity contribution in [1.82, 2.24) is 0 Å². The second-order valence-electron chi connectivity index (χ2n) is 5.47. The van der Waals surface area contributed by atoms with Crippen LogP contribution in [0.15, 0.2) is 42.5 Å². The van der Waals surface area contributed by atoms with Crippen molar-refractivity contribution in [1.29, 1.82) is 0 Å². The molecule has 0 aliphatic rings. The van der Waals surface area contributed by atoms with Crippen LogP contribution in [0.1, 0.15) is 16.7 Å². The molecular formula is C17H18ClNO3S. The number of halogens is 1. The standard InChI is InChI=1S/C17H18ClNO3S/c1-12-7-8-15(9-13(12)2)19-17(20)11-23(21,22)10-14-5-3-4-6-16(14)18/h3-9H,10-11H2,1-2H3,(H,19,20). The van der Waals surface area contributed by atoms with Crippen LogP contribution in [0, 0.1) is 13.8 Å². The van der Waals surface area contributed by atoms with Crippen molar-refractivity contribution in [2.45, 2.75) is 19.6 Å². The molecule has 0 bridgehead atoms. The summed E-state index contributed by atoms with van der Waals surface area (Å²) in [7, 11) is -3.59. The van der Waals surface area contributed by atoms with Gasteiger partial charge in [-0.1, -0.05) is 35.9 Å². The molecule has 0 spiro atoms. The summed E-state index contributed by atoms with van der Waals surface area (Å²) in [4.78, 5) is 12.0. The van der Waals surface area contributed by atoms with E-state index in [1.54, 1.807) is 30.3 Å². The van der Waals surface area contributed by atoms with Gasteiger partial charge in [-0.05, 0) is 48.7 Å². The molecule has 0 aliphatic heterocycles. The summed E-state index contributed by atoms with van der Waals surface area (Å²) in [5.41, 5.74) is 3.22. The zero-order chi connectivity index (χ0) is 17.0. The summed E-state index contributed by atoms with van der Waals surface area (Å²) < 4.78 is 24.3. The number of anilines is 1. The quantitative estimate of drug-likeness (QED) is 0.896. The fraction of sp³-hybridized carbons (Fsp3) is 0.235. The molecule has 0 heterocycles. The number of nitrogens with one attached hydrogen (secondary N) is 1. The van der Waals surface area contributed by atoms with Gasteiger partial charge in [0.05, 0.1) is 5.75 Å². The van der Waals surface area contributed by atoms with Crippen molar-refractivity contribution in [3.05, 3.63) is 64.2 Å². The number of sulfone groups is 1. The highest BCUT2D eigenvalue weighted by molar-refractivity contribution is 7.91. The second kappa shape index (κ2) is 7.15. The third kappa shape index (κ3) is 5.08. The molecule has 0 radical (unpaired) electrons. The molecule has 0 saturated heterocycles. The average molecular weight is 352 g/mol. The maximum Gasteiger partial charge on any atom is 0.239 e. The molecule has 2 aromatic carbocycles. The first-order valence-corrected chi connectivity index (χ1v) is 9.28. The molecular weight excluding hydrogens is 334 g/mol. The minimum Gasteiger partial charge on any atom is -0.325 e. The van der Waals surface area contributed by atoms with E-state index in [9.17, 15) is 13.2 Å². The van der Waals surface area contributed by atoms with E-state index in [0.717, 1.165) is 11.1 Å². The summed E-state index contributed by atoms with van der Waals surface area (Å²) >= 11 is 5.96. The Labute approximate surface area is 141 Å². The minimum atomic E-state index is -3.59. The Morgan fingerprint density at radius 3 is 2.43 bits per heavy atom. The van der Waals surface area contributed by atoms with Gasteiger partial charge in [-0.15, -0.1) is 0 Å². The molecule has 23 heavy (non-hydrogen) atoms. The molecule has 6 heteroatoms. The van der Waals surface area contributed by atoms with E-state index in [1.807, 2.05) is 26.0 Å². The molecule has 1 amide bonds. The normalized spacial score (nSPS) is 11.3. The van der Waals surface area contributed by atoms with Crippen LogP contribution < -0.4 is 5.32 Å². The molecule has 2 rings (SSSR count). The van der Waals surface area contributed by atoms with Gasteiger partial charge in [0.15, 0.2) is 9.84 Å². The van der Waals surface area contributed by atoms with E-state index in [0.29, 0.717) is 16.3 Å². The van der Waals surface area contributed by atoms with Crippen molar-refractivity contribution in [3.63, 3.8) is 0 Å². The van der Waals surface area contributed by atoms with E-state index in [4.69, 9.17) is 11.6 Å². The van der Waals surface area contributed by atoms with Gasteiger partial charge in [-0.25, -0.2) is 8.42 Å². The highest BCUT2D eigenvalue weighted by Gasteiger charge is 2.19. The number of rotatable bonds is 5. The number of carbonyl (C=O) groups is 1. The van der Waals surface area contributed by atoms with Gasteiger partial charge in [0.1, 0.15) is 5.75 Å². The zero-order valence-electron chi connectivity index (χ0n) is 13.0. The van der Waals surface area contributed by atoms with Crippen LogP contribution in [0.5, 0.6) is 0 Å². The molecule has 0 unspecified atom stereocenters. The Morgan fingerprint density at radius 1 is 1.09 bits per heavy atom. The number of amides is 1. The third-order valence-electron chi connectivity index (χ3n) is 3.47. The third-order valence-corrected chi connectivity index (χ3v) is 5.30. The van der Waals surface area contributed by atoms with Crippen LogP contribution in [-0.2, 0) is 20.4 Å². The Balaban J connectivity index is 2.03. The van der Waals surface area contributed by atoms with E-state index in [-0.39, 0.29) is 5.75 Å². The lowest BCUT2D eigenvalue weighted by Crippen LogP contribution is -2.24. The fourth-order valence-corrected chi connectivity index (χ4v) is 3.70. The Hall–Kier alpha value is -1.85. The molecule has 0 saturated carbocycles. The second-order valence-corrected chi connectivity index (χ2v) is 7.94. The summed E-state index contributed by atoms with van der Waals surface area (Å²) in [6.07, 6.45) is 0. The first kappa shape index (κ1) is 17.5. The predicted molar refractivity (Wildman–Crippen MR) is 93.5 cm³/mol. The van der Waals surface area contributed by atoms with Gasteiger partial charge < -0.3 is 5.32 Å². The van der Waals surface area contributed by atoms with Gasteiger partial charge in [-0.3, -0.25) is 4.79 Å². The smallest absolute Gasteiger partial charge is 0.239 e. The zero-order valence-corrected chi connectivity index (χ0v) is 14.5. The number of hydrogen-bond donors (Lipinski definition) is 1.